The maximum atomic E-state index is 5.73. The summed E-state index contributed by atoms with van der Waals surface area (Å²) in [5, 5.41) is 4.24. The highest BCUT2D eigenvalue weighted by molar-refractivity contribution is 9.10. The molecule has 0 spiro atoms. The molecule has 2 N–H and O–H groups in total. The molecule has 1 aromatic heterocycles. The third-order valence-electron chi connectivity index (χ3n) is 2.85. The summed E-state index contributed by atoms with van der Waals surface area (Å²) in [6.07, 6.45) is 3.65. The molecule has 4 nitrogen and oxygen atoms in total. The average Bonchev–Trinajstić information content (AvgIpc) is 2.86. The van der Waals surface area contributed by atoms with Crippen molar-refractivity contribution in [3.8, 4) is 5.75 Å². The maximum Gasteiger partial charge on any atom is 0.157 e. The molecule has 0 saturated carbocycles. The number of ether oxygens (including phenoxy) is 1. The van der Waals surface area contributed by atoms with Crippen molar-refractivity contribution >= 4 is 15.9 Å². The second kappa shape index (κ2) is 6.21. The van der Waals surface area contributed by atoms with Crippen molar-refractivity contribution in [3.05, 3.63) is 46.2 Å². The number of hydrogen-bond acceptors (Lipinski definition) is 3. The number of aromatic nitrogens is 2. The fourth-order valence-electron chi connectivity index (χ4n) is 1.67. The zero-order chi connectivity index (χ0) is 13.8. The van der Waals surface area contributed by atoms with Crippen LogP contribution >= 0.6 is 15.9 Å². The van der Waals surface area contributed by atoms with E-state index in [4.69, 9.17) is 10.5 Å². The van der Waals surface area contributed by atoms with E-state index in [0.29, 0.717) is 19.2 Å². The summed E-state index contributed by atoms with van der Waals surface area (Å²) in [4.78, 5) is 0. The van der Waals surface area contributed by atoms with E-state index in [2.05, 4.69) is 34.9 Å². The van der Waals surface area contributed by atoms with E-state index in [1.54, 1.807) is 6.20 Å². The van der Waals surface area contributed by atoms with Crippen LogP contribution in [0.5, 0.6) is 5.75 Å². The molecule has 0 aliphatic heterocycles. The number of rotatable bonds is 5. The molecule has 2 rings (SSSR count). The summed E-state index contributed by atoms with van der Waals surface area (Å²) in [5.74, 6) is 0.781. The van der Waals surface area contributed by atoms with Gasteiger partial charge >= 0.3 is 0 Å². The fraction of sp³-hybridized carbons (Fsp3) is 0.357. The zero-order valence-electron chi connectivity index (χ0n) is 11.1. The summed E-state index contributed by atoms with van der Waals surface area (Å²) in [6, 6.07) is 6.41. The van der Waals surface area contributed by atoms with E-state index >= 15 is 0 Å². The van der Waals surface area contributed by atoms with Crippen LogP contribution in [0, 0.1) is 0 Å². The van der Waals surface area contributed by atoms with Crippen LogP contribution in [0.25, 0.3) is 0 Å². The standard InChI is InChI=1S/C14H18BrN3O/c1-10(2)18-8-13(7-17-18)19-9-12-4-3-11(6-16)5-14(12)15/h3-5,7-8,10H,6,9,16H2,1-2H3. The number of nitrogens with two attached hydrogens (primary N) is 1. The van der Waals surface area contributed by atoms with E-state index in [0.717, 1.165) is 21.3 Å². The molecular weight excluding hydrogens is 306 g/mol. The minimum Gasteiger partial charge on any atom is -0.486 e. The lowest BCUT2D eigenvalue weighted by Crippen LogP contribution is -2.01. The highest BCUT2D eigenvalue weighted by Gasteiger charge is 2.05. The molecule has 5 heteroatoms. The van der Waals surface area contributed by atoms with E-state index in [-0.39, 0.29) is 0 Å². The van der Waals surface area contributed by atoms with E-state index < -0.39 is 0 Å². The Morgan fingerprint density at radius 3 is 2.79 bits per heavy atom. The molecule has 102 valence electrons. The van der Waals surface area contributed by atoms with Crippen LogP contribution in [0.2, 0.25) is 0 Å². The van der Waals surface area contributed by atoms with Crippen LogP contribution in [-0.2, 0) is 13.2 Å². The molecule has 0 aliphatic rings. The summed E-state index contributed by atoms with van der Waals surface area (Å²) < 4.78 is 8.63. The molecule has 0 atom stereocenters. The van der Waals surface area contributed by atoms with Gasteiger partial charge in [-0.3, -0.25) is 4.68 Å². The van der Waals surface area contributed by atoms with Crippen LogP contribution in [0.4, 0.5) is 0 Å². The molecule has 1 heterocycles. The van der Waals surface area contributed by atoms with Gasteiger partial charge in [0.05, 0.1) is 12.4 Å². The summed E-state index contributed by atoms with van der Waals surface area (Å²) in [6.45, 7) is 5.22. The van der Waals surface area contributed by atoms with Gasteiger partial charge in [0.1, 0.15) is 6.61 Å². The fourth-order valence-corrected chi connectivity index (χ4v) is 2.21. The van der Waals surface area contributed by atoms with Crippen LogP contribution in [-0.4, -0.2) is 9.78 Å². The van der Waals surface area contributed by atoms with Crippen molar-refractivity contribution in [1.29, 1.82) is 0 Å². The van der Waals surface area contributed by atoms with Gasteiger partial charge in [-0.15, -0.1) is 0 Å². The number of nitrogens with zero attached hydrogens (tertiary/aromatic N) is 2. The normalized spacial score (nSPS) is 11.0. The quantitative estimate of drug-likeness (QED) is 0.918. The van der Waals surface area contributed by atoms with Crippen LogP contribution < -0.4 is 10.5 Å². The Morgan fingerprint density at radius 2 is 2.21 bits per heavy atom. The highest BCUT2D eigenvalue weighted by atomic mass is 79.9. The molecule has 0 radical (unpaired) electrons. The number of benzene rings is 1. The van der Waals surface area contributed by atoms with Crippen molar-refractivity contribution in [2.75, 3.05) is 0 Å². The molecule has 0 unspecified atom stereocenters. The van der Waals surface area contributed by atoms with Gasteiger partial charge in [0, 0.05) is 22.6 Å². The van der Waals surface area contributed by atoms with Crippen LogP contribution in [0.1, 0.15) is 31.0 Å². The minimum absolute atomic E-state index is 0.341. The van der Waals surface area contributed by atoms with Crippen molar-refractivity contribution in [2.45, 2.75) is 33.0 Å². The first kappa shape index (κ1) is 14.1. The lowest BCUT2D eigenvalue weighted by Gasteiger charge is -2.08. The summed E-state index contributed by atoms with van der Waals surface area (Å²) in [7, 11) is 0. The van der Waals surface area contributed by atoms with Gasteiger partial charge in [-0.25, -0.2) is 0 Å². The van der Waals surface area contributed by atoms with E-state index in [1.165, 1.54) is 0 Å². The van der Waals surface area contributed by atoms with Gasteiger partial charge in [0.2, 0.25) is 0 Å². The number of halogens is 1. The van der Waals surface area contributed by atoms with Crippen LogP contribution in [0.3, 0.4) is 0 Å². The average molecular weight is 324 g/mol. The largest absolute Gasteiger partial charge is 0.486 e. The molecule has 0 fully saturated rings. The SMILES string of the molecule is CC(C)n1cc(OCc2ccc(CN)cc2Br)cn1. The Labute approximate surface area is 121 Å². The lowest BCUT2D eigenvalue weighted by molar-refractivity contribution is 0.304. The van der Waals surface area contributed by atoms with Crippen molar-refractivity contribution in [2.24, 2.45) is 5.73 Å². The first-order chi connectivity index (χ1) is 9.10. The lowest BCUT2D eigenvalue weighted by atomic mass is 10.1. The second-order valence-electron chi connectivity index (χ2n) is 4.67. The second-order valence-corrected chi connectivity index (χ2v) is 5.52. The predicted octanol–water partition coefficient (Wildman–Crippen LogP) is 3.26. The minimum atomic E-state index is 0.341. The molecule has 2 aromatic rings. The summed E-state index contributed by atoms with van der Waals surface area (Å²) >= 11 is 3.53. The van der Waals surface area contributed by atoms with Gasteiger partial charge < -0.3 is 10.5 Å². The molecule has 0 saturated heterocycles. The Balaban J connectivity index is 2.01. The van der Waals surface area contributed by atoms with Crippen molar-refractivity contribution in [3.63, 3.8) is 0 Å². The van der Waals surface area contributed by atoms with Crippen molar-refractivity contribution < 1.29 is 4.74 Å². The van der Waals surface area contributed by atoms with E-state index in [1.807, 2.05) is 29.1 Å². The zero-order valence-corrected chi connectivity index (χ0v) is 12.7. The molecular formula is C14H18BrN3O. The van der Waals surface area contributed by atoms with Gasteiger partial charge in [-0.05, 0) is 25.5 Å². The van der Waals surface area contributed by atoms with Crippen LogP contribution in [0.15, 0.2) is 35.1 Å². The van der Waals surface area contributed by atoms with Gasteiger partial charge in [0.25, 0.3) is 0 Å². The monoisotopic (exact) mass is 323 g/mol. The smallest absolute Gasteiger partial charge is 0.157 e. The highest BCUT2D eigenvalue weighted by Crippen LogP contribution is 2.21. The Kier molecular flexibility index (Phi) is 4.61. The Hall–Kier alpha value is -1.33. The van der Waals surface area contributed by atoms with Crippen molar-refractivity contribution in [1.82, 2.24) is 9.78 Å². The Morgan fingerprint density at radius 1 is 1.42 bits per heavy atom. The van der Waals surface area contributed by atoms with Gasteiger partial charge in [-0.1, -0.05) is 28.1 Å². The summed E-state index contributed by atoms with van der Waals surface area (Å²) in [5.41, 5.74) is 7.79. The first-order valence-corrected chi connectivity index (χ1v) is 7.03. The van der Waals surface area contributed by atoms with Gasteiger partial charge in [-0.2, -0.15) is 5.10 Å². The molecule has 0 bridgehead atoms. The van der Waals surface area contributed by atoms with E-state index in [9.17, 15) is 0 Å². The molecule has 0 amide bonds. The first-order valence-electron chi connectivity index (χ1n) is 6.24. The number of hydrogen-bond donors (Lipinski definition) is 1. The third-order valence-corrected chi connectivity index (χ3v) is 3.59. The topological polar surface area (TPSA) is 53.1 Å². The Bertz CT molecular complexity index is 551. The predicted molar refractivity (Wildman–Crippen MR) is 79.0 cm³/mol. The molecule has 0 aliphatic carbocycles. The molecule has 19 heavy (non-hydrogen) atoms. The third kappa shape index (κ3) is 3.58. The molecule has 1 aromatic carbocycles. The maximum absolute atomic E-state index is 5.73. The van der Waals surface area contributed by atoms with Gasteiger partial charge in [0.15, 0.2) is 5.75 Å².